The third-order valence-corrected chi connectivity index (χ3v) is 5.88. The summed E-state index contributed by atoms with van der Waals surface area (Å²) in [6, 6.07) is 17.2. The van der Waals surface area contributed by atoms with Crippen molar-refractivity contribution in [2.45, 2.75) is 39.2 Å². The molecule has 6 nitrogen and oxygen atoms in total. The van der Waals surface area contributed by atoms with Gasteiger partial charge in [0.1, 0.15) is 11.5 Å². The van der Waals surface area contributed by atoms with E-state index in [4.69, 9.17) is 4.74 Å². The van der Waals surface area contributed by atoms with Crippen molar-refractivity contribution in [1.82, 2.24) is 4.98 Å². The highest BCUT2D eigenvalue weighted by Crippen LogP contribution is 2.42. The standard InChI is InChI=1S/C28H28N2O4/c1-4-16-34-23-7-5-6-21(17-23)26(31)24-25(20-12-14-29-15-13-20)30(28(33)27(24)32)22-10-8-19(9-11-22)18(2)3/h5-15,17-18,25,31H,4,16H2,1-3H3/b26-24-. The van der Waals surface area contributed by atoms with Crippen LogP contribution in [0.2, 0.25) is 0 Å². The summed E-state index contributed by atoms with van der Waals surface area (Å²) in [4.78, 5) is 32.0. The van der Waals surface area contributed by atoms with Gasteiger partial charge in [-0.15, -0.1) is 0 Å². The Morgan fingerprint density at radius 3 is 2.41 bits per heavy atom. The molecule has 2 aromatic carbocycles. The molecular formula is C28H28N2O4. The highest BCUT2D eigenvalue weighted by molar-refractivity contribution is 6.51. The molecule has 2 heterocycles. The summed E-state index contributed by atoms with van der Waals surface area (Å²) in [6.45, 7) is 6.73. The second-order valence-corrected chi connectivity index (χ2v) is 8.57. The fraction of sp³-hybridized carbons (Fsp3) is 0.250. The van der Waals surface area contributed by atoms with E-state index in [2.05, 4.69) is 18.8 Å². The predicted molar refractivity (Wildman–Crippen MR) is 132 cm³/mol. The molecule has 1 aliphatic rings. The fourth-order valence-electron chi connectivity index (χ4n) is 4.09. The van der Waals surface area contributed by atoms with Crippen molar-refractivity contribution in [3.8, 4) is 5.75 Å². The average molecular weight is 457 g/mol. The molecule has 1 saturated heterocycles. The Hall–Kier alpha value is -3.93. The molecule has 34 heavy (non-hydrogen) atoms. The number of hydrogen-bond acceptors (Lipinski definition) is 5. The van der Waals surface area contributed by atoms with E-state index in [1.54, 1.807) is 48.8 Å². The summed E-state index contributed by atoms with van der Waals surface area (Å²) in [5.74, 6) is -0.720. The van der Waals surface area contributed by atoms with Gasteiger partial charge in [-0.3, -0.25) is 19.5 Å². The molecule has 1 aromatic heterocycles. The fourth-order valence-corrected chi connectivity index (χ4v) is 4.09. The Balaban J connectivity index is 1.85. The minimum atomic E-state index is -0.784. The maximum Gasteiger partial charge on any atom is 0.300 e. The lowest BCUT2D eigenvalue weighted by molar-refractivity contribution is -0.132. The molecule has 1 N–H and O–H groups in total. The van der Waals surface area contributed by atoms with E-state index >= 15 is 0 Å². The molecule has 0 saturated carbocycles. The summed E-state index contributed by atoms with van der Waals surface area (Å²) in [5.41, 5.74) is 2.86. The molecule has 1 amide bonds. The van der Waals surface area contributed by atoms with Gasteiger partial charge in [0.2, 0.25) is 0 Å². The zero-order chi connectivity index (χ0) is 24.2. The molecule has 1 unspecified atom stereocenters. The Kier molecular flexibility index (Phi) is 6.77. The van der Waals surface area contributed by atoms with Gasteiger partial charge >= 0.3 is 0 Å². The zero-order valence-electron chi connectivity index (χ0n) is 19.6. The summed E-state index contributed by atoms with van der Waals surface area (Å²) < 4.78 is 5.68. The lowest BCUT2D eigenvalue weighted by atomic mass is 9.95. The van der Waals surface area contributed by atoms with Gasteiger partial charge in [0.15, 0.2) is 0 Å². The number of rotatable bonds is 7. The van der Waals surface area contributed by atoms with Gasteiger partial charge in [-0.25, -0.2) is 0 Å². The van der Waals surface area contributed by atoms with Gasteiger partial charge in [0, 0.05) is 23.6 Å². The minimum absolute atomic E-state index is 0.0387. The smallest absolute Gasteiger partial charge is 0.300 e. The topological polar surface area (TPSA) is 79.7 Å². The number of ether oxygens (including phenoxy) is 1. The van der Waals surface area contributed by atoms with Gasteiger partial charge in [-0.1, -0.05) is 45.0 Å². The van der Waals surface area contributed by atoms with Crippen LogP contribution in [0.3, 0.4) is 0 Å². The molecule has 0 spiro atoms. The van der Waals surface area contributed by atoms with Crippen molar-refractivity contribution in [1.29, 1.82) is 0 Å². The number of amides is 1. The van der Waals surface area contributed by atoms with E-state index in [0.717, 1.165) is 12.0 Å². The first-order valence-electron chi connectivity index (χ1n) is 11.5. The molecule has 3 aromatic rings. The van der Waals surface area contributed by atoms with Crippen LogP contribution in [0.25, 0.3) is 5.76 Å². The van der Waals surface area contributed by atoms with Gasteiger partial charge in [-0.05, 0) is 59.9 Å². The number of hydrogen-bond donors (Lipinski definition) is 1. The van der Waals surface area contributed by atoms with Crippen LogP contribution in [-0.4, -0.2) is 28.4 Å². The van der Waals surface area contributed by atoms with E-state index < -0.39 is 17.7 Å². The van der Waals surface area contributed by atoms with E-state index in [9.17, 15) is 14.7 Å². The molecule has 0 bridgehead atoms. The van der Waals surface area contributed by atoms with Crippen molar-refractivity contribution >= 4 is 23.1 Å². The monoisotopic (exact) mass is 456 g/mol. The number of carbonyl (C=O) groups is 2. The van der Waals surface area contributed by atoms with Crippen LogP contribution < -0.4 is 9.64 Å². The quantitative estimate of drug-likeness (QED) is 0.284. The van der Waals surface area contributed by atoms with Crippen molar-refractivity contribution in [3.05, 3.63) is 95.3 Å². The number of aliphatic hydroxyl groups excluding tert-OH is 1. The summed E-state index contributed by atoms with van der Waals surface area (Å²) in [6.07, 6.45) is 4.06. The van der Waals surface area contributed by atoms with Gasteiger partial charge < -0.3 is 9.84 Å². The number of aromatic nitrogens is 1. The van der Waals surface area contributed by atoms with Crippen LogP contribution in [0.15, 0.2) is 78.6 Å². The lowest BCUT2D eigenvalue weighted by Gasteiger charge is -2.25. The molecule has 6 heteroatoms. The molecule has 0 aliphatic carbocycles. The zero-order valence-corrected chi connectivity index (χ0v) is 19.6. The molecule has 4 rings (SSSR count). The van der Waals surface area contributed by atoms with Crippen LogP contribution in [0.1, 0.15) is 55.8 Å². The summed E-state index contributed by atoms with van der Waals surface area (Å²) in [5, 5.41) is 11.3. The molecule has 174 valence electrons. The first-order valence-corrected chi connectivity index (χ1v) is 11.5. The Morgan fingerprint density at radius 1 is 1.06 bits per heavy atom. The first-order chi connectivity index (χ1) is 16.4. The molecular weight excluding hydrogens is 428 g/mol. The number of anilines is 1. The van der Waals surface area contributed by atoms with Crippen molar-refractivity contribution < 1.29 is 19.4 Å². The SMILES string of the molecule is CCCOc1cccc(/C(O)=C2/C(=O)C(=O)N(c3ccc(C(C)C)cc3)C2c2ccncc2)c1. The number of carbonyl (C=O) groups excluding carboxylic acids is 2. The molecule has 1 fully saturated rings. The normalized spacial score (nSPS) is 17.4. The number of nitrogens with zero attached hydrogens (tertiary/aromatic N) is 2. The van der Waals surface area contributed by atoms with Gasteiger partial charge in [-0.2, -0.15) is 0 Å². The van der Waals surface area contributed by atoms with Crippen LogP contribution in [0, 0.1) is 0 Å². The number of pyridine rings is 1. The number of ketones is 1. The summed E-state index contributed by atoms with van der Waals surface area (Å²) in [7, 11) is 0. The number of aliphatic hydroxyl groups is 1. The Labute approximate surface area is 199 Å². The third-order valence-electron chi connectivity index (χ3n) is 5.88. The second kappa shape index (κ2) is 9.91. The van der Waals surface area contributed by atoms with E-state index in [0.29, 0.717) is 35.1 Å². The van der Waals surface area contributed by atoms with Gasteiger partial charge in [0.05, 0.1) is 18.2 Å². The lowest BCUT2D eigenvalue weighted by Crippen LogP contribution is -2.29. The average Bonchev–Trinajstić information content (AvgIpc) is 3.13. The van der Waals surface area contributed by atoms with E-state index in [1.807, 2.05) is 31.2 Å². The Bertz CT molecular complexity index is 1220. The third kappa shape index (κ3) is 4.44. The van der Waals surface area contributed by atoms with Crippen molar-refractivity contribution in [2.24, 2.45) is 0 Å². The van der Waals surface area contributed by atoms with Crippen molar-refractivity contribution in [3.63, 3.8) is 0 Å². The Morgan fingerprint density at radius 2 is 1.76 bits per heavy atom. The van der Waals surface area contributed by atoms with E-state index in [-0.39, 0.29) is 11.3 Å². The molecule has 1 atom stereocenters. The van der Waals surface area contributed by atoms with Crippen LogP contribution in [-0.2, 0) is 9.59 Å². The molecule has 0 radical (unpaired) electrons. The minimum Gasteiger partial charge on any atom is -0.507 e. The van der Waals surface area contributed by atoms with Crippen LogP contribution >= 0.6 is 0 Å². The van der Waals surface area contributed by atoms with Crippen molar-refractivity contribution in [2.75, 3.05) is 11.5 Å². The van der Waals surface area contributed by atoms with Gasteiger partial charge in [0.25, 0.3) is 11.7 Å². The maximum atomic E-state index is 13.3. The maximum absolute atomic E-state index is 13.3. The first kappa shape index (κ1) is 23.2. The second-order valence-electron chi connectivity index (χ2n) is 8.57. The van der Waals surface area contributed by atoms with Crippen LogP contribution in [0.5, 0.6) is 5.75 Å². The van der Waals surface area contributed by atoms with E-state index in [1.165, 1.54) is 4.90 Å². The van der Waals surface area contributed by atoms with Crippen LogP contribution in [0.4, 0.5) is 5.69 Å². The predicted octanol–water partition coefficient (Wildman–Crippen LogP) is 5.62. The number of Topliss-reactive ketones (excluding diaryl/α,β-unsaturated/α-hetero) is 1. The molecule has 1 aliphatic heterocycles. The largest absolute Gasteiger partial charge is 0.507 e. The highest BCUT2D eigenvalue weighted by Gasteiger charge is 2.47. The number of benzene rings is 2. The highest BCUT2D eigenvalue weighted by atomic mass is 16.5. The summed E-state index contributed by atoms with van der Waals surface area (Å²) >= 11 is 0.